The smallest absolute Gasteiger partial charge is 0.357 e. The second-order valence-corrected chi connectivity index (χ2v) is 12.3. The number of hydrogen-bond acceptors (Lipinski definition) is 12. The summed E-state index contributed by atoms with van der Waals surface area (Å²) in [5.41, 5.74) is 1.19. The summed E-state index contributed by atoms with van der Waals surface area (Å²) < 4.78 is 39.9. The molecule has 0 saturated carbocycles. The molecular formula is C31H31F3N12O2S. The third-order valence-corrected chi connectivity index (χ3v) is 8.39. The van der Waals surface area contributed by atoms with Crippen LogP contribution in [0.15, 0.2) is 67.0 Å². The Morgan fingerprint density at radius 1 is 0.857 bits per heavy atom. The molecule has 6 rings (SSSR count). The standard InChI is InChI=1S/C31H31F3N12O2S/c32-31(33,34)21-6-4-20(5-7-21)18-46-19-24(39-44-46)8-11-27(47)37-25-9-10-26(41-40-25)45-15-12-22(13-16-45)36-29-42-43-30(49-29)38-28(48)17-23-3-1-2-14-35-23/h1-7,9-10,14,19,22H,8,11-13,15-18H2,(H,36,42)(H,37,40,47)(H,38,43,48). The zero-order valence-corrected chi connectivity index (χ0v) is 26.8. The minimum Gasteiger partial charge on any atom is -0.357 e. The number of carbonyl (C=O) groups is 2. The van der Waals surface area contributed by atoms with E-state index in [0.717, 1.165) is 38.1 Å². The van der Waals surface area contributed by atoms with Crippen molar-refractivity contribution in [3.05, 3.63) is 89.5 Å². The van der Waals surface area contributed by atoms with Gasteiger partial charge in [-0.15, -0.1) is 25.5 Å². The molecule has 5 aromatic rings. The number of rotatable bonds is 12. The molecule has 4 aromatic heterocycles. The number of alkyl halides is 3. The van der Waals surface area contributed by atoms with Crippen LogP contribution in [0, 0.1) is 0 Å². The Balaban J connectivity index is 0.897. The van der Waals surface area contributed by atoms with Gasteiger partial charge in [0, 0.05) is 50.1 Å². The molecule has 3 N–H and O–H groups in total. The Hall–Kier alpha value is -5.52. The molecule has 0 radical (unpaired) electrons. The Morgan fingerprint density at radius 2 is 1.65 bits per heavy atom. The number of nitrogens with one attached hydrogen (secondary N) is 3. The lowest BCUT2D eigenvalue weighted by Gasteiger charge is -2.32. The largest absolute Gasteiger partial charge is 0.416 e. The van der Waals surface area contributed by atoms with Gasteiger partial charge in [0.15, 0.2) is 11.6 Å². The summed E-state index contributed by atoms with van der Waals surface area (Å²) in [4.78, 5) is 31.1. The van der Waals surface area contributed by atoms with Gasteiger partial charge in [-0.1, -0.05) is 34.7 Å². The first kappa shape index (κ1) is 33.4. The summed E-state index contributed by atoms with van der Waals surface area (Å²) in [7, 11) is 0. The minimum atomic E-state index is -4.39. The minimum absolute atomic E-state index is 0.135. The van der Waals surface area contributed by atoms with Crippen molar-refractivity contribution >= 4 is 45.0 Å². The van der Waals surface area contributed by atoms with Gasteiger partial charge in [-0.2, -0.15) is 13.2 Å². The molecule has 0 spiro atoms. The van der Waals surface area contributed by atoms with Gasteiger partial charge in [-0.25, -0.2) is 4.68 Å². The number of amides is 2. The van der Waals surface area contributed by atoms with E-state index in [4.69, 9.17) is 0 Å². The van der Waals surface area contributed by atoms with Crippen LogP contribution in [-0.4, -0.2) is 71.3 Å². The third kappa shape index (κ3) is 9.53. The predicted molar refractivity (Wildman–Crippen MR) is 175 cm³/mol. The maximum atomic E-state index is 12.8. The quantitative estimate of drug-likeness (QED) is 0.171. The summed E-state index contributed by atoms with van der Waals surface area (Å²) in [6, 6.07) is 14.0. The van der Waals surface area contributed by atoms with Crippen molar-refractivity contribution in [2.75, 3.05) is 33.9 Å². The van der Waals surface area contributed by atoms with Gasteiger partial charge in [-0.3, -0.25) is 14.6 Å². The van der Waals surface area contributed by atoms with Gasteiger partial charge >= 0.3 is 6.18 Å². The number of piperidine rings is 1. The van der Waals surface area contributed by atoms with Gasteiger partial charge in [0.05, 0.1) is 24.2 Å². The first-order valence-corrected chi connectivity index (χ1v) is 16.2. The fourth-order valence-corrected chi connectivity index (χ4v) is 5.85. The third-order valence-electron chi connectivity index (χ3n) is 7.62. The molecule has 1 saturated heterocycles. The summed E-state index contributed by atoms with van der Waals surface area (Å²) in [6.07, 6.45) is 1.20. The number of benzene rings is 1. The lowest BCUT2D eigenvalue weighted by Crippen LogP contribution is -2.39. The van der Waals surface area contributed by atoms with E-state index >= 15 is 0 Å². The zero-order valence-electron chi connectivity index (χ0n) is 26.0. The fraction of sp³-hybridized carbons (Fsp3) is 0.323. The average molecular weight is 693 g/mol. The van der Waals surface area contributed by atoms with Crippen LogP contribution < -0.4 is 20.9 Å². The van der Waals surface area contributed by atoms with Crippen molar-refractivity contribution in [1.29, 1.82) is 0 Å². The number of halogens is 3. The van der Waals surface area contributed by atoms with Gasteiger partial charge in [0.25, 0.3) is 0 Å². The molecule has 2 amide bonds. The normalized spacial score (nSPS) is 13.7. The lowest BCUT2D eigenvalue weighted by molar-refractivity contribution is -0.137. The number of aryl methyl sites for hydroxylation is 1. The number of nitrogens with zero attached hydrogens (tertiary/aromatic N) is 9. The van der Waals surface area contributed by atoms with E-state index in [9.17, 15) is 22.8 Å². The topological polar surface area (TPSA) is 169 Å². The molecule has 18 heteroatoms. The Labute approximate surface area is 282 Å². The fourth-order valence-electron chi connectivity index (χ4n) is 5.11. The average Bonchev–Trinajstić information content (AvgIpc) is 3.73. The molecule has 1 aliphatic heterocycles. The van der Waals surface area contributed by atoms with Crippen molar-refractivity contribution in [1.82, 2.24) is 40.4 Å². The summed E-state index contributed by atoms with van der Waals surface area (Å²) in [5.74, 6) is 0.561. The van der Waals surface area contributed by atoms with E-state index in [2.05, 4.69) is 56.5 Å². The van der Waals surface area contributed by atoms with E-state index in [0.29, 0.717) is 45.3 Å². The first-order valence-electron chi connectivity index (χ1n) is 15.4. The summed E-state index contributed by atoms with van der Waals surface area (Å²) in [5, 5.41) is 34.7. The van der Waals surface area contributed by atoms with Crippen LogP contribution >= 0.6 is 11.3 Å². The Kier molecular flexibility index (Phi) is 10.3. The van der Waals surface area contributed by atoms with Crippen molar-refractivity contribution < 1.29 is 22.8 Å². The lowest BCUT2D eigenvalue weighted by atomic mass is 10.1. The van der Waals surface area contributed by atoms with Gasteiger partial charge in [0.1, 0.15) is 0 Å². The highest BCUT2D eigenvalue weighted by molar-refractivity contribution is 7.19. The maximum absolute atomic E-state index is 12.8. The number of pyridine rings is 1. The van der Waals surface area contributed by atoms with E-state index in [1.54, 1.807) is 30.6 Å². The Bertz CT molecular complexity index is 1840. The first-order chi connectivity index (χ1) is 23.7. The van der Waals surface area contributed by atoms with Crippen LogP contribution in [0.2, 0.25) is 0 Å². The van der Waals surface area contributed by atoms with Crippen molar-refractivity contribution in [3.63, 3.8) is 0 Å². The highest BCUT2D eigenvalue weighted by Gasteiger charge is 2.30. The molecule has 1 fully saturated rings. The molecular weight excluding hydrogens is 661 g/mol. The molecule has 14 nitrogen and oxygen atoms in total. The second-order valence-electron chi connectivity index (χ2n) is 11.3. The van der Waals surface area contributed by atoms with Crippen LogP contribution in [0.1, 0.15) is 41.8 Å². The van der Waals surface area contributed by atoms with Crippen molar-refractivity contribution in [2.45, 2.75) is 50.9 Å². The Morgan fingerprint density at radius 3 is 2.37 bits per heavy atom. The number of anilines is 4. The van der Waals surface area contributed by atoms with Crippen LogP contribution in [0.25, 0.3) is 0 Å². The molecule has 0 unspecified atom stereocenters. The number of aromatic nitrogens is 8. The summed E-state index contributed by atoms with van der Waals surface area (Å²) >= 11 is 1.28. The van der Waals surface area contributed by atoms with Gasteiger partial charge in [-0.05, 0) is 54.8 Å². The number of carbonyl (C=O) groups excluding carboxylic acids is 2. The van der Waals surface area contributed by atoms with Crippen molar-refractivity contribution in [3.8, 4) is 0 Å². The second kappa shape index (κ2) is 15.1. The molecule has 0 bridgehead atoms. The molecule has 254 valence electrons. The van der Waals surface area contributed by atoms with Gasteiger partial charge in [0.2, 0.25) is 22.1 Å². The predicted octanol–water partition coefficient (Wildman–Crippen LogP) is 4.22. The maximum Gasteiger partial charge on any atom is 0.416 e. The van der Waals surface area contributed by atoms with E-state index in [1.807, 2.05) is 12.1 Å². The molecule has 0 aliphatic carbocycles. The highest BCUT2D eigenvalue weighted by atomic mass is 32.1. The van der Waals surface area contributed by atoms with Crippen LogP contribution in [0.4, 0.5) is 35.1 Å². The monoisotopic (exact) mass is 692 g/mol. The SMILES string of the molecule is O=C(CCc1cn(Cc2ccc(C(F)(F)F)cc2)nn1)Nc1ccc(N2CCC(Nc3nnc(NC(=O)Cc4ccccn4)s3)CC2)nn1. The highest BCUT2D eigenvalue weighted by Crippen LogP contribution is 2.29. The zero-order chi connectivity index (χ0) is 34.2. The van der Waals surface area contributed by atoms with Crippen LogP contribution in [0.5, 0.6) is 0 Å². The van der Waals surface area contributed by atoms with E-state index in [1.165, 1.54) is 28.2 Å². The molecule has 1 aromatic carbocycles. The summed E-state index contributed by atoms with van der Waals surface area (Å²) in [6.45, 7) is 1.74. The van der Waals surface area contributed by atoms with Crippen molar-refractivity contribution in [2.24, 2.45) is 0 Å². The van der Waals surface area contributed by atoms with E-state index in [-0.39, 0.29) is 37.2 Å². The molecule has 5 heterocycles. The number of hydrogen-bond donors (Lipinski definition) is 3. The van der Waals surface area contributed by atoms with Crippen LogP contribution in [0.3, 0.4) is 0 Å². The van der Waals surface area contributed by atoms with Crippen LogP contribution in [-0.2, 0) is 35.2 Å². The molecule has 1 aliphatic rings. The molecule has 0 atom stereocenters. The van der Waals surface area contributed by atoms with E-state index < -0.39 is 11.7 Å². The van der Waals surface area contributed by atoms with Gasteiger partial charge < -0.3 is 20.9 Å². The molecule has 49 heavy (non-hydrogen) atoms.